The van der Waals surface area contributed by atoms with Gasteiger partial charge < -0.3 is 9.88 Å². The summed E-state index contributed by atoms with van der Waals surface area (Å²) < 4.78 is 3.29. The van der Waals surface area contributed by atoms with Gasteiger partial charge in [-0.15, -0.1) is 11.3 Å². The number of nitrogens with zero attached hydrogens (tertiary/aromatic N) is 2. The highest BCUT2D eigenvalue weighted by atomic mass is 79.9. The minimum Gasteiger partial charge on any atom is -0.332 e. The SMILES string of the molecule is CCNCc1cn(Cc2ccc(Br)s2)cn1. The first-order chi connectivity index (χ1) is 7.78. The topological polar surface area (TPSA) is 29.9 Å². The van der Waals surface area contributed by atoms with Gasteiger partial charge in [-0.05, 0) is 34.6 Å². The third-order valence-corrected chi connectivity index (χ3v) is 3.82. The lowest BCUT2D eigenvalue weighted by Gasteiger charge is -1.98. The van der Waals surface area contributed by atoms with E-state index in [0.717, 1.165) is 25.3 Å². The van der Waals surface area contributed by atoms with Gasteiger partial charge in [0.2, 0.25) is 0 Å². The molecule has 0 radical (unpaired) electrons. The molecule has 5 heteroatoms. The maximum atomic E-state index is 4.35. The zero-order valence-corrected chi connectivity index (χ0v) is 11.5. The van der Waals surface area contributed by atoms with E-state index in [-0.39, 0.29) is 0 Å². The first-order valence-electron chi connectivity index (χ1n) is 5.23. The molecule has 2 aromatic rings. The Bertz CT molecular complexity index is 450. The van der Waals surface area contributed by atoms with Crippen LogP contribution in [0.4, 0.5) is 0 Å². The lowest BCUT2D eigenvalue weighted by Crippen LogP contribution is -2.11. The van der Waals surface area contributed by atoms with Crippen LogP contribution in [0.3, 0.4) is 0 Å². The van der Waals surface area contributed by atoms with E-state index in [2.05, 4.69) is 56.1 Å². The minimum atomic E-state index is 0.845. The van der Waals surface area contributed by atoms with Crippen LogP contribution in [0.15, 0.2) is 28.4 Å². The van der Waals surface area contributed by atoms with Crippen LogP contribution in [0.1, 0.15) is 17.5 Å². The number of thiophene rings is 1. The van der Waals surface area contributed by atoms with Crippen LogP contribution in [-0.2, 0) is 13.1 Å². The first kappa shape index (κ1) is 11.8. The number of hydrogen-bond acceptors (Lipinski definition) is 3. The van der Waals surface area contributed by atoms with E-state index in [1.54, 1.807) is 11.3 Å². The molecule has 0 amide bonds. The standard InChI is InChI=1S/C11H14BrN3S/c1-2-13-5-9-6-15(8-14-9)7-10-3-4-11(12)16-10/h3-4,6,8,13H,2,5,7H2,1H3. The fraction of sp³-hybridized carbons (Fsp3) is 0.364. The molecule has 0 bridgehead atoms. The van der Waals surface area contributed by atoms with Crippen molar-refractivity contribution in [3.63, 3.8) is 0 Å². The van der Waals surface area contributed by atoms with Crippen molar-refractivity contribution in [1.29, 1.82) is 0 Å². The molecule has 0 aliphatic heterocycles. The van der Waals surface area contributed by atoms with E-state index in [1.807, 2.05) is 6.33 Å². The Kier molecular flexibility index (Phi) is 4.15. The van der Waals surface area contributed by atoms with Crippen LogP contribution in [0.2, 0.25) is 0 Å². The number of imidazole rings is 1. The Hall–Kier alpha value is -0.650. The van der Waals surface area contributed by atoms with Crippen molar-refractivity contribution in [2.45, 2.75) is 20.0 Å². The number of rotatable bonds is 5. The molecular formula is C11H14BrN3S. The number of hydrogen-bond donors (Lipinski definition) is 1. The van der Waals surface area contributed by atoms with Crippen molar-refractivity contribution in [2.75, 3.05) is 6.54 Å². The Morgan fingerprint density at radius 3 is 3.06 bits per heavy atom. The molecule has 0 aliphatic carbocycles. The highest BCUT2D eigenvalue weighted by molar-refractivity contribution is 9.11. The van der Waals surface area contributed by atoms with Crippen molar-refractivity contribution in [3.05, 3.63) is 39.0 Å². The molecule has 0 spiro atoms. The third-order valence-electron chi connectivity index (χ3n) is 2.21. The molecule has 0 unspecified atom stereocenters. The Balaban J connectivity index is 1.97. The van der Waals surface area contributed by atoms with Gasteiger partial charge in [0, 0.05) is 17.6 Å². The molecule has 0 saturated carbocycles. The predicted octanol–water partition coefficient (Wildman–Crippen LogP) is 2.86. The maximum absolute atomic E-state index is 4.35. The van der Waals surface area contributed by atoms with Gasteiger partial charge in [-0.3, -0.25) is 0 Å². The van der Waals surface area contributed by atoms with E-state index in [4.69, 9.17) is 0 Å². The molecular weight excluding hydrogens is 286 g/mol. The molecule has 0 saturated heterocycles. The van der Waals surface area contributed by atoms with Crippen LogP contribution in [0.25, 0.3) is 0 Å². The van der Waals surface area contributed by atoms with Crippen molar-refractivity contribution >= 4 is 27.3 Å². The summed E-state index contributed by atoms with van der Waals surface area (Å²) in [6.07, 6.45) is 3.98. The van der Waals surface area contributed by atoms with E-state index in [9.17, 15) is 0 Å². The summed E-state index contributed by atoms with van der Waals surface area (Å²) in [5.74, 6) is 0. The van der Waals surface area contributed by atoms with Crippen molar-refractivity contribution in [2.24, 2.45) is 0 Å². The van der Waals surface area contributed by atoms with E-state index in [0.29, 0.717) is 0 Å². The van der Waals surface area contributed by atoms with Crippen LogP contribution >= 0.6 is 27.3 Å². The van der Waals surface area contributed by atoms with Gasteiger partial charge in [0.25, 0.3) is 0 Å². The molecule has 0 atom stereocenters. The zero-order chi connectivity index (χ0) is 11.4. The summed E-state index contributed by atoms with van der Waals surface area (Å²) in [4.78, 5) is 5.68. The molecule has 2 rings (SSSR count). The molecule has 1 N–H and O–H groups in total. The van der Waals surface area contributed by atoms with Gasteiger partial charge in [-0.1, -0.05) is 6.92 Å². The number of nitrogens with one attached hydrogen (secondary N) is 1. The van der Waals surface area contributed by atoms with Gasteiger partial charge in [-0.25, -0.2) is 4.98 Å². The summed E-state index contributed by atoms with van der Waals surface area (Å²) >= 11 is 5.23. The Morgan fingerprint density at radius 1 is 1.50 bits per heavy atom. The highest BCUT2D eigenvalue weighted by Gasteiger charge is 2.01. The average molecular weight is 300 g/mol. The van der Waals surface area contributed by atoms with Gasteiger partial charge in [0.15, 0.2) is 0 Å². The van der Waals surface area contributed by atoms with Crippen molar-refractivity contribution in [3.8, 4) is 0 Å². The summed E-state index contributed by atoms with van der Waals surface area (Å²) in [6.45, 7) is 4.82. The van der Waals surface area contributed by atoms with Crippen LogP contribution in [-0.4, -0.2) is 16.1 Å². The molecule has 2 heterocycles. The molecule has 0 fully saturated rings. The van der Waals surface area contributed by atoms with Crippen LogP contribution in [0.5, 0.6) is 0 Å². The molecule has 16 heavy (non-hydrogen) atoms. The first-order valence-corrected chi connectivity index (χ1v) is 6.84. The fourth-order valence-electron chi connectivity index (χ4n) is 1.45. The average Bonchev–Trinajstić information content (AvgIpc) is 2.86. The fourth-order valence-corrected chi connectivity index (χ4v) is 2.95. The minimum absolute atomic E-state index is 0.845. The van der Waals surface area contributed by atoms with Crippen LogP contribution in [0, 0.1) is 0 Å². The summed E-state index contributed by atoms with van der Waals surface area (Å²) in [7, 11) is 0. The molecule has 3 nitrogen and oxygen atoms in total. The monoisotopic (exact) mass is 299 g/mol. The molecule has 0 aromatic carbocycles. The van der Waals surface area contributed by atoms with Crippen molar-refractivity contribution in [1.82, 2.24) is 14.9 Å². The molecule has 86 valence electrons. The van der Waals surface area contributed by atoms with Gasteiger partial charge in [-0.2, -0.15) is 0 Å². The van der Waals surface area contributed by atoms with Gasteiger partial charge in [0.05, 0.1) is 22.4 Å². The van der Waals surface area contributed by atoms with Crippen molar-refractivity contribution < 1.29 is 0 Å². The lowest BCUT2D eigenvalue weighted by molar-refractivity contribution is 0.712. The number of halogens is 1. The third kappa shape index (κ3) is 3.17. The van der Waals surface area contributed by atoms with Gasteiger partial charge in [0.1, 0.15) is 0 Å². The maximum Gasteiger partial charge on any atom is 0.0953 e. The number of aromatic nitrogens is 2. The zero-order valence-electron chi connectivity index (χ0n) is 9.11. The predicted molar refractivity (Wildman–Crippen MR) is 70.7 cm³/mol. The van der Waals surface area contributed by atoms with E-state index >= 15 is 0 Å². The largest absolute Gasteiger partial charge is 0.332 e. The molecule has 2 aromatic heterocycles. The van der Waals surface area contributed by atoms with Crippen LogP contribution < -0.4 is 5.32 Å². The van der Waals surface area contributed by atoms with Gasteiger partial charge >= 0.3 is 0 Å². The van der Waals surface area contributed by atoms with E-state index in [1.165, 1.54) is 8.66 Å². The summed E-state index contributed by atoms with van der Waals surface area (Å²) in [5.41, 5.74) is 1.09. The second kappa shape index (κ2) is 5.61. The second-order valence-electron chi connectivity index (χ2n) is 3.52. The quantitative estimate of drug-likeness (QED) is 0.920. The molecule has 0 aliphatic rings. The second-order valence-corrected chi connectivity index (χ2v) is 6.07. The Morgan fingerprint density at radius 2 is 2.38 bits per heavy atom. The van der Waals surface area contributed by atoms with E-state index < -0.39 is 0 Å². The summed E-state index contributed by atoms with van der Waals surface area (Å²) in [6, 6.07) is 4.22. The smallest absolute Gasteiger partial charge is 0.0953 e. The summed E-state index contributed by atoms with van der Waals surface area (Å²) in [5, 5.41) is 3.27. The lowest BCUT2D eigenvalue weighted by atomic mass is 10.4. The normalized spacial score (nSPS) is 10.9. The Labute approximate surface area is 108 Å². The highest BCUT2D eigenvalue weighted by Crippen LogP contribution is 2.22.